The first kappa shape index (κ1) is 15.5. The van der Waals surface area contributed by atoms with Gasteiger partial charge in [0.1, 0.15) is 0 Å². The molecule has 4 nitrogen and oxygen atoms in total. The maximum Gasteiger partial charge on any atom is 0.226 e. The summed E-state index contributed by atoms with van der Waals surface area (Å²) in [5.41, 5.74) is 1.97. The van der Waals surface area contributed by atoms with Crippen molar-refractivity contribution in [2.45, 2.75) is 46.1 Å². The molecule has 1 fully saturated rings. The van der Waals surface area contributed by atoms with Crippen LogP contribution >= 0.6 is 0 Å². The predicted molar refractivity (Wildman–Crippen MR) is 83.9 cm³/mol. The Kier molecular flexibility index (Phi) is 5.37. The Morgan fingerprint density at radius 3 is 2.90 bits per heavy atom. The van der Waals surface area contributed by atoms with Crippen LogP contribution in [0.1, 0.15) is 45.1 Å². The third-order valence-corrected chi connectivity index (χ3v) is 4.07. The van der Waals surface area contributed by atoms with Gasteiger partial charge in [0, 0.05) is 31.1 Å². The van der Waals surface area contributed by atoms with Crippen molar-refractivity contribution in [1.29, 1.82) is 0 Å². The zero-order valence-electron chi connectivity index (χ0n) is 12.9. The van der Waals surface area contributed by atoms with Crippen LogP contribution in [0, 0.1) is 5.92 Å². The van der Waals surface area contributed by atoms with Crippen LogP contribution in [0.25, 0.3) is 0 Å². The van der Waals surface area contributed by atoms with E-state index < -0.39 is 0 Å². The fourth-order valence-electron chi connectivity index (χ4n) is 2.46. The van der Waals surface area contributed by atoms with E-state index in [2.05, 4.69) is 5.32 Å². The summed E-state index contributed by atoms with van der Waals surface area (Å²) in [5, 5.41) is 2.95. The van der Waals surface area contributed by atoms with E-state index >= 15 is 0 Å². The van der Waals surface area contributed by atoms with Crippen molar-refractivity contribution in [3.63, 3.8) is 0 Å². The molecule has 4 heteroatoms. The van der Waals surface area contributed by atoms with Crippen molar-refractivity contribution in [1.82, 2.24) is 5.32 Å². The van der Waals surface area contributed by atoms with Crippen LogP contribution in [0.3, 0.4) is 0 Å². The molecule has 2 rings (SSSR count). The van der Waals surface area contributed by atoms with Gasteiger partial charge in [-0.3, -0.25) is 9.59 Å². The molecule has 21 heavy (non-hydrogen) atoms. The average Bonchev–Trinajstić information content (AvgIpc) is 2.52. The fourth-order valence-corrected chi connectivity index (χ4v) is 2.46. The fraction of sp³-hybridized carbons (Fsp3) is 0.529. The highest BCUT2D eigenvalue weighted by Crippen LogP contribution is 2.21. The van der Waals surface area contributed by atoms with E-state index in [0.29, 0.717) is 13.0 Å². The summed E-state index contributed by atoms with van der Waals surface area (Å²) in [6.07, 6.45) is 3.52. The van der Waals surface area contributed by atoms with Gasteiger partial charge in [-0.25, -0.2) is 0 Å². The van der Waals surface area contributed by atoms with Gasteiger partial charge in [-0.05, 0) is 37.0 Å². The number of amides is 2. The molecule has 1 saturated heterocycles. The van der Waals surface area contributed by atoms with E-state index in [9.17, 15) is 9.59 Å². The van der Waals surface area contributed by atoms with E-state index in [0.717, 1.165) is 37.1 Å². The molecule has 1 atom stereocenters. The van der Waals surface area contributed by atoms with Gasteiger partial charge in [-0.1, -0.05) is 26.0 Å². The zero-order valence-corrected chi connectivity index (χ0v) is 12.9. The zero-order chi connectivity index (χ0) is 15.2. The van der Waals surface area contributed by atoms with Gasteiger partial charge in [0.15, 0.2) is 0 Å². The quantitative estimate of drug-likeness (QED) is 0.905. The van der Waals surface area contributed by atoms with Crippen LogP contribution in [0.5, 0.6) is 0 Å². The number of carbonyl (C=O) groups excluding carboxylic acids is 2. The van der Waals surface area contributed by atoms with Crippen LogP contribution in [0.4, 0.5) is 5.69 Å². The summed E-state index contributed by atoms with van der Waals surface area (Å²) in [6.45, 7) is 5.24. The first-order valence-electron chi connectivity index (χ1n) is 7.79. The van der Waals surface area contributed by atoms with Crippen LogP contribution in [0.15, 0.2) is 24.3 Å². The number of hydrogen-bond acceptors (Lipinski definition) is 2. The highest BCUT2D eigenvalue weighted by atomic mass is 16.2. The number of piperidine rings is 1. The maximum absolute atomic E-state index is 12.0. The second-order valence-electron chi connectivity index (χ2n) is 5.70. The third-order valence-electron chi connectivity index (χ3n) is 4.07. The molecule has 0 aliphatic carbocycles. The van der Waals surface area contributed by atoms with Gasteiger partial charge in [-0.2, -0.15) is 0 Å². The predicted octanol–water partition coefficient (Wildman–Crippen LogP) is 2.87. The Hall–Kier alpha value is -1.84. The molecular weight excluding hydrogens is 264 g/mol. The molecule has 1 aliphatic heterocycles. The Bertz CT molecular complexity index is 513. The average molecular weight is 288 g/mol. The van der Waals surface area contributed by atoms with Crippen LogP contribution in [-0.2, 0) is 16.1 Å². The van der Waals surface area contributed by atoms with Crippen molar-refractivity contribution in [3.05, 3.63) is 29.8 Å². The van der Waals surface area contributed by atoms with Crippen LogP contribution in [-0.4, -0.2) is 18.4 Å². The van der Waals surface area contributed by atoms with Gasteiger partial charge in [-0.15, -0.1) is 0 Å². The van der Waals surface area contributed by atoms with Crippen molar-refractivity contribution < 1.29 is 9.59 Å². The molecule has 1 aliphatic rings. The van der Waals surface area contributed by atoms with E-state index in [4.69, 9.17) is 0 Å². The SMILES string of the molecule is CC[C@@H](C)C(=O)NCc1cccc(N2CCCCC2=O)c1. The molecule has 1 aromatic carbocycles. The lowest BCUT2D eigenvalue weighted by molar-refractivity contribution is -0.124. The highest BCUT2D eigenvalue weighted by Gasteiger charge is 2.19. The van der Waals surface area contributed by atoms with Crippen LogP contribution in [0.2, 0.25) is 0 Å². The number of nitrogens with zero attached hydrogens (tertiary/aromatic N) is 1. The first-order valence-corrected chi connectivity index (χ1v) is 7.79. The second-order valence-corrected chi connectivity index (χ2v) is 5.70. The Morgan fingerprint density at radius 2 is 2.19 bits per heavy atom. The topological polar surface area (TPSA) is 49.4 Å². The van der Waals surface area contributed by atoms with Crippen molar-refractivity contribution in [2.75, 3.05) is 11.4 Å². The van der Waals surface area contributed by atoms with Crippen molar-refractivity contribution >= 4 is 17.5 Å². The molecule has 1 aromatic rings. The molecule has 0 unspecified atom stereocenters. The minimum Gasteiger partial charge on any atom is -0.352 e. The minimum atomic E-state index is 0.0388. The number of hydrogen-bond donors (Lipinski definition) is 1. The minimum absolute atomic E-state index is 0.0388. The number of anilines is 1. The molecule has 1 heterocycles. The molecule has 114 valence electrons. The van der Waals surface area contributed by atoms with Crippen molar-refractivity contribution in [2.24, 2.45) is 5.92 Å². The highest BCUT2D eigenvalue weighted by molar-refractivity contribution is 5.94. The van der Waals surface area contributed by atoms with Gasteiger partial charge >= 0.3 is 0 Å². The summed E-state index contributed by atoms with van der Waals surface area (Å²) in [7, 11) is 0. The lowest BCUT2D eigenvalue weighted by Crippen LogP contribution is -2.35. The normalized spacial score (nSPS) is 16.7. The third kappa shape index (κ3) is 4.06. The molecule has 0 radical (unpaired) electrons. The monoisotopic (exact) mass is 288 g/mol. The van der Waals surface area contributed by atoms with Gasteiger partial charge in [0.25, 0.3) is 0 Å². The first-order chi connectivity index (χ1) is 10.1. The van der Waals surface area contributed by atoms with E-state index in [1.54, 1.807) is 0 Å². The summed E-state index contributed by atoms with van der Waals surface area (Å²) in [5.74, 6) is 0.316. The molecule has 0 bridgehead atoms. The largest absolute Gasteiger partial charge is 0.352 e. The number of benzene rings is 1. The molecule has 0 aromatic heterocycles. The molecule has 1 N–H and O–H groups in total. The standard InChI is InChI=1S/C17H24N2O2/c1-3-13(2)17(21)18-12-14-7-6-8-15(11-14)19-10-5-4-9-16(19)20/h6-8,11,13H,3-5,9-10,12H2,1-2H3,(H,18,21)/t13-/m1/s1. The Balaban J connectivity index is 2.00. The molecule has 0 saturated carbocycles. The molecular formula is C17H24N2O2. The number of nitrogens with one attached hydrogen (secondary N) is 1. The lowest BCUT2D eigenvalue weighted by atomic mass is 10.1. The van der Waals surface area contributed by atoms with Gasteiger partial charge < -0.3 is 10.2 Å². The Labute approximate surface area is 126 Å². The van der Waals surface area contributed by atoms with Gasteiger partial charge in [0.05, 0.1) is 0 Å². The molecule has 2 amide bonds. The lowest BCUT2D eigenvalue weighted by Gasteiger charge is -2.27. The number of carbonyl (C=O) groups is 2. The van der Waals surface area contributed by atoms with Crippen molar-refractivity contribution in [3.8, 4) is 0 Å². The number of rotatable bonds is 5. The van der Waals surface area contributed by atoms with E-state index in [-0.39, 0.29) is 17.7 Å². The second kappa shape index (κ2) is 7.25. The summed E-state index contributed by atoms with van der Waals surface area (Å²) in [4.78, 5) is 25.6. The van der Waals surface area contributed by atoms with Crippen LogP contribution < -0.4 is 10.2 Å². The van der Waals surface area contributed by atoms with Gasteiger partial charge in [0.2, 0.25) is 11.8 Å². The smallest absolute Gasteiger partial charge is 0.226 e. The summed E-state index contributed by atoms with van der Waals surface area (Å²) >= 11 is 0. The Morgan fingerprint density at radius 1 is 1.38 bits per heavy atom. The summed E-state index contributed by atoms with van der Waals surface area (Å²) < 4.78 is 0. The summed E-state index contributed by atoms with van der Waals surface area (Å²) in [6, 6.07) is 7.89. The maximum atomic E-state index is 12.0. The van der Waals surface area contributed by atoms with E-state index in [1.807, 2.05) is 43.0 Å². The van der Waals surface area contributed by atoms with E-state index in [1.165, 1.54) is 0 Å². The molecule has 0 spiro atoms.